The van der Waals surface area contributed by atoms with E-state index in [9.17, 15) is 4.79 Å². The number of carbonyl (C=O) groups excluding carboxylic acids is 1. The van der Waals surface area contributed by atoms with Gasteiger partial charge in [-0.1, -0.05) is 23.2 Å². The van der Waals surface area contributed by atoms with Crippen molar-refractivity contribution in [2.45, 2.75) is 13.0 Å². The molecule has 1 unspecified atom stereocenters. The summed E-state index contributed by atoms with van der Waals surface area (Å²) in [6.45, 7) is 1.65. The van der Waals surface area contributed by atoms with Gasteiger partial charge in [0.05, 0.1) is 16.1 Å². The van der Waals surface area contributed by atoms with E-state index in [1.807, 2.05) is 0 Å². The minimum Gasteiger partial charge on any atom is -0.484 e. The van der Waals surface area contributed by atoms with Gasteiger partial charge in [-0.2, -0.15) is 0 Å². The summed E-state index contributed by atoms with van der Waals surface area (Å²) >= 11 is 11.5. The van der Waals surface area contributed by atoms with E-state index < -0.39 is 6.10 Å². The van der Waals surface area contributed by atoms with E-state index in [4.69, 9.17) is 33.0 Å². The SMILES string of the molecule is CC(O)CNC(=O)COc1ccc(Cl)c(Cl)c1. The highest BCUT2D eigenvalue weighted by Crippen LogP contribution is 2.26. The first-order chi connectivity index (χ1) is 7.99. The molecule has 0 heterocycles. The summed E-state index contributed by atoms with van der Waals surface area (Å²) in [5.41, 5.74) is 0. The maximum Gasteiger partial charge on any atom is 0.258 e. The van der Waals surface area contributed by atoms with Crippen molar-refractivity contribution >= 4 is 29.1 Å². The summed E-state index contributed by atoms with van der Waals surface area (Å²) in [5.74, 6) is 0.156. The minimum atomic E-state index is -0.580. The van der Waals surface area contributed by atoms with Crippen LogP contribution in [0, 0.1) is 0 Å². The van der Waals surface area contributed by atoms with Crippen LogP contribution >= 0.6 is 23.2 Å². The maximum atomic E-state index is 11.3. The molecule has 6 heteroatoms. The fourth-order valence-corrected chi connectivity index (χ4v) is 1.32. The zero-order valence-corrected chi connectivity index (χ0v) is 10.8. The van der Waals surface area contributed by atoms with Gasteiger partial charge in [-0.3, -0.25) is 4.79 Å². The van der Waals surface area contributed by atoms with Gasteiger partial charge in [0.25, 0.3) is 5.91 Å². The molecule has 0 saturated heterocycles. The van der Waals surface area contributed by atoms with Gasteiger partial charge in [-0.15, -0.1) is 0 Å². The van der Waals surface area contributed by atoms with Crippen LogP contribution in [0.4, 0.5) is 0 Å². The average Bonchev–Trinajstić information content (AvgIpc) is 2.28. The predicted molar refractivity (Wildman–Crippen MR) is 66.6 cm³/mol. The third-order valence-electron chi connectivity index (χ3n) is 1.86. The highest BCUT2D eigenvalue weighted by molar-refractivity contribution is 6.42. The van der Waals surface area contributed by atoms with Crippen LogP contribution in [0.5, 0.6) is 5.75 Å². The fourth-order valence-electron chi connectivity index (χ4n) is 1.03. The van der Waals surface area contributed by atoms with Gasteiger partial charge >= 0.3 is 0 Å². The van der Waals surface area contributed by atoms with Crippen molar-refractivity contribution in [3.05, 3.63) is 28.2 Å². The summed E-state index contributed by atoms with van der Waals surface area (Å²) in [6.07, 6.45) is -0.580. The van der Waals surface area contributed by atoms with E-state index >= 15 is 0 Å². The molecular formula is C11H13Cl2NO3. The first-order valence-electron chi connectivity index (χ1n) is 5.01. The van der Waals surface area contributed by atoms with E-state index in [0.29, 0.717) is 15.8 Å². The lowest BCUT2D eigenvalue weighted by molar-refractivity contribution is -0.123. The van der Waals surface area contributed by atoms with Crippen molar-refractivity contribution in [2.24, 2.45) is 0 Å². The molecule has 94 valence electrons. The molecule has 2 N–H and O–H groups in total. The van der Waals surface area contributed by atoms with Gasteiger partial charge < -0.3 is 15.2 Å². The summed E-state index contributed by atoms with van der Waals surface area (Å²) in [5, 5.41) is 12.3. The number of carbonyl (C=O) groups is 1. The van der Waals surface area contributed by atoms with Crippen LogP contribution in [-0.2, 0) is 4.79 Å². The maximum absolute atomic E-state index is 11.3. The number of amides is 1. The molecule has 0 aromatic heterocycles. The van der Waals surface area contributed by atoms with Crippen molar-refractivity contribution in [3.63, 3.8) is 0 Å². The molecule has 0 spiro atoms. The number of hydrogen-bond donors (Lipinski definition) is 2. The second-order valence-electron chi connectivity index (χ2n) is 3.52. The van der Waals surface area contributed by atoms with E-state index in [1.165, 1.54) is 6.07 Å². The lowest BCUT2D eigenvalue weighted by Crippen LogP contribution is -2.34. The molecule has 4 nitrogen and oxygen atoms in total. The molecule has 1 atom stereocenters. The Balaban J connectivity index is 2.39. The van der Waals surface area contributed by atoms with Gasteiger partial charge in [0.2, 0.25) is 0 Å². The molecule has 1 aromatic carbocycles. The first kappa shape index (κ1) is 14.1. The Morgan fingerprint density at radius 1 is 1.47 bits per heavy atom. The lowest BCUT2D eigenvalue weighted by Gasteiger charge is -2.09. The highest BCUT2D eigenvalue weighted by atomic mass is 35.5. The molecule has 1 rings (SSSR count). The number of aliphatic hydroxyl groups excluding tert-OH is 1. The molecule has 0 fully saturated rings. The van der Waals surface area contributed by atoms with Crippen LogP contribution in [0.3, 0.4) is 0 Å². The Morgan fingerprint density at radius 2 is 2.18 bits per heavy atom. The summed E-state index contributed by atoms with van der Waals surface area (Å²) in [4.78, 5) is 11.3. The van der Waals surface area contributed by atoms with Crippen molar-refractivity contribution in [1.29, 1.82) is 0 Å². The topological polar surface area (TPSA) is 58.6 Å². The van der Waals surface area contributed by atoms with Gasteiger partial charge in [0.1, 0.15) is 5.75 Å². The summed E-state index contributed by atoms with van der Waals surface area (Å²) in [7, 11) is 0. The molecule has 0 aliphatic carbocycles. The number of halogens is 2. The third kappa shape index (κ3) is 5.26. The van der Waals surface area contributed by atoms with Gasteiger partial charge in [0, 0.05) is 12.6 Å². The van der Waals surface area contributed by atoms with E-state index in [-0.39, 0.29) is 19.1 Å². The van der Waals surface area contributed by atoms with Crippen LogP contribution in [0.2, 0.25) is 10.0 Å². The number of aliphatic hydroxyl groups is 1. The number of nitrogens with one attached hydrogen (secondary N) is 1. The van der Waals surface area contributed by atoms with Gasteiger partial charge in [-0.25, -0.2) is 0 Å². The van der Waals surface area contributed by atoms with Crippen LogP contribution < -0.4 is 10.1 Å². The second kappa shape index (κ2) is 6.69. The molecule has 0 radical (unpaired) electrons. The average molecular weight is 278 g/mol. The lowest BCUT2D eigenvalue weighted by atomic mass is 10.3. The normalized spacial score (nSPS) is 12.0. The fraction of sp³-hybridized carbons (Fsp3) is 0.364. The Morgan fingerprint density at radius 3 is 2.76 bits per heavy atom. The Bertz CT molecular complexity index is 396. The smallest absolute Gasteiger partial charge is 0.258 e. The van der Waals surface area contributed by atoms with Crippen molar-refractivity contribution in [2.75, 3.05) is 13.2 Å². The van der Waals surface area contributed by atoms with Crippen LogP contribution in [0.1, 0.15) is 6.92 Å². The Kier molecular flexibility index (Phi) is 5.55. The third-order valence-corrected chi connectivity index (χ3v) is 2.59. The zero-order chi connectivity index (χ0) is 12.8. The van der Waals surface area contributed by atoms with Crippen LogP contribution in [0.15, 0.2) is 18.2 Å². The largest absolute Gasteiger partial charge is 0.484 e. The van der Waals surface area contributed by atoms with Crippen LogP contribution in [-0.4, -0.2) is 30.3 Å². The number of ether oxygens (including phenoxy) is 1. The van der Waals surface area contributed by atoms with Crippen molar-refractivity contribution < 1.29 is 14.6 Å². The first-order valence-corrected chi connectivity index (χ1v) is 5.77. The predicted octanol–water partition coefficient (Wildman–Crippen LogP) is 1.87. The van der Waals surface area contributed by atoms with E-state index in [2.05, 4.69) is 5.32 Å². The summed E-state index contributed by atoms with van der Waals surface area (Å²) < 4.78 is 5.20. The van der Waals surface area contributed by atoms with E-state index in [0.717, 1.165) is 0 Å². The Hall–Kier alpha value is -0.970. The molecule has 1 amide bonds. The number of hydrogen-bond acceptors (Lipinski definition) is 3. The molecule has 0 aliphatic rings. The second-order valence-corrected chi connectivity index (χ2v) is 4.33. The number of benzene rings is 1. The monoisotopic (exact) mass is 277 g/mol. The number of rotatable bonds is 5. The molecule has 1 aromatic rings. The van der Waals surface area contributed by atoms with E-state index in [1.54, 1.807) is 19.1 Å². The minimum absolute atomic E-state index is 0.134. The van der Waals surface area contributed by atoms with Crippen molar-refractivity contribution in [1.82, 2.24) is 5.32 Å². The van der Waals surface area contributed by atoms with Gasteiger partial charge in [0.15, 0.2) is 6.61 Å². The highest BCUT2D eigenvalue weighted by Gasteiger charge is 2.05. The van der Waals surface area contributed by atoms with Crippen LogP contribution in [0.25, 0.3) is 0 Å². The van der Waals surface area contributed by atoms with Gasteiger partial charge in [-0.05, 0) is 19.1 Å². The standard InChI is InChI=1S/C11H13Cl2NO3/c1-7(15)5-14-11(16)6-17-8-2-3-9(12)10(13)4-8/h2-4,7,15H,5-6H2,1H3,(H,14,16). The zero-order valence-electron chi connectivity index (χ0n) is 9.24. The molecule has 0 aliphatic heterocycles. The quantitative estimate of drug-likeness (QED) is 0.864. The summed E-state index contributed by atoms with van der Waals surface area (Å²) in [6, 6.07) is 4.74. The molecule has 0 saturated carbocycles. The Labute approximate surface area is 109 Å². The molecule has 0 bridgehead atoms. The molecule has 17 heavy (non-hydrogen) atoms. The van der Waals surface area contributed by atoms with Crippen molar-refractivity contribution in [3.8, 4) is 5.75 Å². The molecular weight excluding hydrogens is 265 g/mol.